The van der Waals surface area contributed by atoms with E-state index >= 15 is 0 Å². The Kier molecular flexibility index (Phi) is 3.98. The molecule has 0 saturated heterocycles. The van der Waals surface area contributed by atoms with Crippen LogP contribution in [0.3, 0.4) is 0 Å². The molecule has 1 aliphatic carbocycles. The molecule has 102 valence electrons. The van der Waals surface area contributed by atoms with Crippen LogP contribution in [0.2, 0.25) is 0 Å². The summed E-state index contributed by atoms with van der Waals surface area (Å²) >= 11 is 5.02. The summed E-state index contributed by atoms with van der Waals surface area (Å²) in [5, 5.41) is 4.01. The predicted molar refractivity (Wildman–Crippen MR) is 85.5 cm³/mol. The molecule has 1 amide bonds. The molecule has 0 spiro atoms. The van der Waals surface area contributed by atoms with Crippen molar-refractivity contribution in [1.82, 2.24) is 5.43 Å². The summed E-state index contributed by atoms with van der Waals surface area (Å²) in [6.07, 6.45) is 5.05. The molecule has 2 aromatic rings. The number of carbonyl (C=O) groups excluding carboxylic acids is 1. The molecule has 0 aliphatic heterocycles. The van der Waals surface area contributed by atoms with E-state index in [0.29, 0.717) is 0 Å². The molecule has 1 aromatic heterocycles. The molecule has 0 atom stereocenters. The lowest BCUT2D eigenvalue weighted by Gasteiger charge is -1.98. The molecule has 0 fully saturated rings. The summed E-state index contributed by atoms with van der Waals surface area (Å²) in [5.41, 5.74) is 4.84. The lowest BCUT2D eigenvalue weighted by molar-refractivity contribution is 0.0959. The van der Waals surface area contributed by atoms with Crippen LogP contribution in [0.4, 0.5) is 0 Å². The summed E-state index contributed by atoms with van der Waals surface area (Å²) in [6.45, 7) is 0. The van der Waals surface area contributed by atoms with Crippen molar-refractivity contribution in [3.05, 3.63) is 55.7 Å². The minimum absolute atomic E-state index is 0.132. The topological polar surface area (TPSA) is 41.5 Å². The minimum Gasteiger partial charge on any atom is -0.266 e. The SMILES string of the molecule is O=C(N/N=C\c1ccccc1Br)c1cc2c(s1)CCC2. The highest BCUT2D eigenvalue weighted by atomic mass is 79.9. The second-order valence-electron chi connectivity index (χ2n) is 4.63. The Hall–Kier alpha value is -1.46. The quantitative estimate of drug-likeness (QED) is 0.665. The molecule has 1 aromatic carbocycles. The van der Waals surface area contributed by atoms with Crippen molar-refractivity contribution in [3.63, 3.8) is 0 Å². The molecule has 3 rings (SSSR count). The number of hydrogen-bond acceptors (Lipinski definition) is 3. The first-order valence-electron chi connectivity index (χ1n) is 6.43. The first-order chi connectivity index (χ1) is 9.74. The lowest BCUT2D eigenvalue weighted by Crippen LogP contribution is -2.16. The molecule has 1 N–H and O–H groups in total. The van der Waals surface area contributed by atoms with Gasteiger partial charge in [0.2, 0.25) is 0 Å². The van der Waals surface area contributed by atoms with Gasteiger partial charge in [-0.05, 0) is 37.0 Å². The standard InChI is InChI=1S/C15H13BrN2OS/c16-12-6-2-1-4-11(12)9-17-18-15(19)14-8-10-5-3-7-13(10)20-14/h1-2,4,6,8-9H,3,5,7H2,(H,18,19)/b17-9-. The van der Waals surface area contributed by atoms with Gasteiger partial charge >= 0.3 is 0 Å². The second-order valence-corrected chi connectivity index (χ2v) is 6.62. The van der Waals surface area contributed by atoms with Crippen LogP contribution in [-0.2, 0) is 12.8 Å². The zero-order chi connectivity index (χ0) is 13.9. The molecule has 0 radical (unpaired) electrons. The first kappa shape index (κ1) is 13.5. The van der Waals surface area contributed by atoms with Gasteiger partial charge in [-0.2, -0.15) is 5.10 Å². The van der Waals surface area contributed by atoms with Crippen molar-refractivity contribution >= 4 is 39.4 Å². The molecule has 1 aliphatic rings. The Labute approximate surface area is 129 Å². The highest BCUT2D eigenvalue weighted by molar-refractivity contribution is 9.10. The van der Waals surface area contributed by atoms with Gasteiger partial charge in [-0.1, -0.05) is 34.1 Å². The Balaban J connectivity index is 1.66. The fraction of sp³-hybridized carbons (Fsp3) is 0.200. The van der Waals surface area contributed by atoms with Crippen LogP contribution in [0, 0.1) is 0 Å². The highest BCUT2D eigenvalue weighted by Gasteiger charge is 2.17. The molecule has 3 nitrogen and oxygen atoms in total. The van der Waals surface area contributed by atoms with Crippen molar-refractivity contribution in [2.24, 2.45) is 5.10 Å². The van der Waals surface area contributed by atoms with Crippen LogP contribution in [0.25, 0.3) is 0 Å². The maximum absolute atomic E-state index is 12.0. The van der Waals surface area contributed by atoms with E-state index in [1.54, 1.807) is 17.6 Å². The Bertz CT molecular complexity index is 657. The summed E-state index contributed by atoms with van der Waals surface area (Å²) in [4.78, 5) is 14.1. The van der Waals surface area contributed by atoms with Gasteiger partial charge in [-0.15, -0.1) is 11.3 Å². The van der Waals surface area contributed by atoms with Crippen molar-refractivity contribution in [2.45, 2.75) is 19.3 Å². The number of halogens is 1. The molecule has 0 bridgehead atoms. The van der Waals surface area contributed by atoms with Gasteiger partial charge in [0.25, 0.3) is 5.91 Å². The maximum Gasteiger partial charge on any atom is 0.281 e. The van der Waals surface area contributed by atoms with Gasteiger partial charge in [0.1, 0.15) is 0 Å². The molecular formula is C15H13BrN2OS. The Morgan fingerprint density at radius 3 is 3.00 bits per heavy atom. The van der Waals surface area contributed by atoms with Crippen LogP contribution in [0.5, 0.6) is 0 Å². The number of benzene rings is 1. The Morgan fingerprint density at radius 2 is 2.20 bits per heavy atom. The fourth-order valence-corrected chi connectivity index (χ4v) is 3.77. The largest absolute Gasteiger partial charge is 0.281 e. The van der Waals surface area contributed by atoms with E-state index in [9.17, 15) is 4.79 Å². The predicted octanol–water partition coefficient (Wildman–Crippen LogP) is 3.76. The summed E-state index contributed by atoms with van der Waals surface area (Å²) in [7, 11) is 0. The number of rotatable bonds is 3. The fourth-order valence-electron chi connectivity index (χ4n) is 2.24. The van der Waals surface area contributed by atoms with Gasteiger partial charge in [0, 0.05) is 14.9 Å². The van der Waals surface area contributed by atoms with Gasteiger partial charge < -0.3 is 0 Å². The number of hydrogen-bond donors (Lipinski definition) is 1. The molecule has 5 heteroatoms. The molecule has 0 saturated carbocycles. The highest BCUT2D eigenvalue weighted by Crippen LogP contribution is 2.30. The molecular weight excluding hydrogens is 336 g/mol. The number of aryl methyl sites for hydroxylation is 2. The maximum atomic E-state index is 12.0. The number of thiophene rings is 1. The van der Waals surface area contributed by atoms with Crippen molar-refractivity contribution in [3.8, 4) is 0 Å². The first-order valence-corrected chi connectivity index (χ1v) is 8.04. The van der Waals surface area contributed by atoms with Crippen molar-refractivity contribution in [1.29, 1.82) is 0 Å². The molecule has 1 heterocycles. The zero-order valence-electron chi connectivity index (χ0n) is 10.7. The van der Waals surface area contributed by atoms with Gasteiger partial charge in [-0.25, -0.2) is 5.43 Å². The van der Waals surface area contributed by atoms with E-state index in [4.69, 9.17) is 0 Å². The zero-order valence-corrected chi connectivity index (χ0v) is 13.1. The number of nitrogens with one attached hydrogen (secondary N) is 1. The monoisotopic (exact) mass is 348 g/mol. The third-order valence-electron chi connectivity index (χ3n) is 3.25. The van der Waals surface area contributed by atoms with Crippen LogP contribution >= 0.6 is 27.3 Å². The van der Waals surface area contributed by atoms with E-state index in [0.717, 1.165) is 27.8 Å². The van der Waals surface area contributed by atoms with Crippen LogP contribution < -0.4 is 5.43 Å². The lowest BCUT2D eigenvalue weighted by atomic mass is 10.2. The minimum atomic E-state index is -0.132. The average molecular weight is 349 g/mol. The molecule has 20 heavy (non-hydrogen) atoms. The number of amides is 1. The van der Waals surface area contributed by atoms with Crippen LogP contribution in [-0.4, -0.2) is 12.1 Å². The summed E-state index contributed by atoms with van der Waals surface area (Å²) < 4.78 is 0.952. The van der Waals surface area contributed by atoms with E-state index in [1.807, 2.05) is 30.3 Å². The van der Waals surface area contributed by atoms with Crippen molar-refractivity contribution < 1.29 is 4.79 Å². The smallest absolute Gasteiger partial charge is 0.266 e. The number of carbonyl (C=O) groups is 1. The third-order valence-corrected chi connectivity index (χ3v) is 5.20. The van der Waals surface area contributed by atoms with Gasteiger partial charge in [-0.3, -0.25) is 4.79 Å². The normalized spacial score (nSPS) is 13.7. The van der Waals surface area contributed by atoms with E-state index < -0.39 is 0 Å². The van der Waals surface area contributed by atoms with Crippen LogP contribution in [0.15, 0.2) is 39.9 Å². The number of hydrazone groups is 1. The summed E-state index contributed by atoms with van der Waals surface area (Å²) in [6, 6.07) is 9.73. The molecule has 0 unspecified atom stereocenters. The van der Waals surface area contributed by atoms with Crippen LogP contribution in [0.1, 0.15) is 32.1 Å². The average Bonchev–Trinajstić information content (AvgIpc) is 3.01. The number of nitrogens with zero attached hydrogens (tertiary/aromatic N) is 1. The van der Waals surface area contributed by atoms with E-state index in [-0.39, 0.29) is 5.91 Å². The van der Waals surface area contributed by atoms with Crippen molar-refractivity contribution in [2.75, 3.05) is 0 Å². The second kappa shape index (κ2) is 5.89. The third kappa shape index (κ3) is 2.83. The number of fused-ring (bicyclic) bond motifs is 1. The Morgan fingerprint density at radius 1 is 1.35 bits per heavy atom. The summed E-state index contributed by atoms with van der Waals surface area (Å²) in [5.74, 6) is -0.132. The van der Waals surface area contributed by atoms with Gasteiger partial charge in [0.15, 0.2) is 0 Å². The van der Waals surface area contributed by atoms with E-state index in [1.165, 1.54) is 16.9 Å². The van der Waals surface area contributed by atoms with E-state index in [2.05, 4.69) is 26.5 Å². The van der Waals surface area contributed by atoms with Gasteiger partial charge in [0.05, 0.1) is 11.1 Å².